The van der Waals surface area contributed by atoms with Crippen LogP contribution in [0.3, 0.4) is 0 Å². The van der Waals surface area contributed by atoms with Gasteiger partial charge in [-0.2, -0.15) is 0 Å². The van der Waals surface area contributed by atoms with E-state index >= 15 is 0 Å². The minimum Gasteiger partial charge on any atom is -0.350 e. The fourth-order valence-corrected chi connectivity index (χ4v) is 4.31. The summed E-state index contributed by atoms with van der Waals surface area (Å²) in [6.07, 6.45) is 7.45. The van der Waals surface area contributed by atoms with Gasteiger partial charge in [0, 0.05) is 28.8 Å². The number of nitrogens with zero attached hydrogens (tertiary/aromatic N) is 1. The maximum absolute atomic E-state index is 12.6. The van der Waals surface area contributed by atoms with Gasteiger partial charge in [-0.15, -0.1) is 11.8 Å². The molecule has 1 atom stereocenters. The first-order chi connectivity index (χ1) is 12.6. The Morgan fingerprint density at radius 1 is 1.19 bits per heavy atom. The summed E-state index contributed by atoms with van der Waals surface area (Å²) in [4.78, 5) is 25.4. The van der Waals surface area contributed by atoms with Crippen molar-refractivity contribution in [2.75, 3.05) is 0 Å². The molecule has 2 aromatic rings. The van der Waals surface area contributed by atoms with Crippen LogP contribution in [-0.2, 0) is 4.79 Å². The summed E-state index contributed by atoms with van der Waals surface area (Å²) in [7, 11) is 0. The van der Waals surface area contributed by atoms with Crippen molar-refractivity contribution in [3.05, 3.63) is 69.6 Å². The van der Waals surface area contributed by atoms with E-state index in [4.69, 9.17) is 11.6 Å². The second-order valence-corrected chi connectivity index (χ2v) is 8.42. The van der Waals surface area contributed by atoms with Crippen LogP contribution in [0.25, 0.3) is 5.70 Å². The van der Waals surface area contributed by atoms with Crippen molar-refractivity contribution < 1.29 is 4.79 Å². The minimum absolute atomic E-state index is 0.0436. The van der Waals surface area contributed by atoms with Crippen molar-refractivity contribution in [1.29, 1.82) is 0 Å². The Morgan fingerprint density at radius 3 is 2.77 bits per heavy atom. The number of benzene rings is 1. The summed E-state index contributed by atoms with van der Waals surface area (Å²) in [5.41, 5.74) is 1.44. The molecule has 4 rings (SSSR count). The second-order valence-electron chi connectivity index (χ2n) is 6.64. The lowest BCUT2D eigenvalue weighted by molar-refractivity contribution is -0.119. The molecule has 1 aromatic heterocycles. The predicted molar refractivity (Wildman–Crippen MR) is 106 cm³/mol. The smallest absolute Gasteiger partial charge is 0.273 e. The molecule has 134 valence electrons. The van der Waals surface area contributed by atoms with E-state index in [0.29, 0.717) is 11.7 Å². The van der Waals surface area contributed by atoms with Gasteiger partial charge < -0.3 is 5.32 Å². The first-order valence-corrected chi connectivity index (χ1v) is 10.0. The second kappa shape index (κ2) is 7.33. The molecule has 1 amide bonds. The lowest BCUT2D eigenvalue weighted by atomic mass is 10.1. The Bertz CT molecular complexity index is 933. The number of nitrogens with one attached hydrogen (secondary N) is 1. The molecule has 0 radical (unpaired) electrons. The molecule has 2 aliphatic rings. The molecule has 0 bridgehead atoms. The molecule has 1 aliphatic carbocycles. The van der Waals surface area contributed by atoms with Crippen molar-refractivity contribution >= 4 is 35.0 Å². The van der Waals surface area contributed by atoms with Gasteiger partial charge in [-0.1, -0.05) is 23.7 Å². The number of rotatable bonds is 5. The van der Waals surface area contributed by atoms with Crippen LogP contribution >= 0.6 is 23.4 Å². The topological polar surface area (TPSA) is 51.1 Å². The van der Waals surface area contributed by atoms with Crippen LogP contribution in [0.1, 0.15) is 31.2 Å². The summed E-state index contributed by atoms with van der Waals surface area (Å²) in [6, 6.07) is 11.5. The highest BCUT2D eigenvalue weighted by Crippen LogP contribution is 2.39. The van der Waals surface area contributed by atoms with Crippen molar-refractivity contribution in [3.63, 3.8) is 0 Å². The lowest BCUT2D eigenvalue weighted by Crippen LogP contribution is -2.26. The normalized spacial score (nSPS) is 20.3. The third-order valence-corrected chi connectivity index (χ3v) is 6.12. The van der Waals surface area contributed by atoms with E-state index < -0.39 is 0 Å². The molecule has 1 N–H and O–H groups in total. The molecular weight excluding hydrogens is 368 g/mol. The zero-order valence-corrected chi connectivity index (χ0v) is 15.7. The van der Waals surface area contributed by atoms with Gasteiger partial charge in [0.15, 0.2) is 0 Å². The Kier molecular flexibility index (Phi) is 4.92. The monoisotopic (exact) mass is 386 g/mol. The minimum atomic E-state index is -0.259. The van der Waals surface area contributed by atoms with Gasteiger partial charge in [0.2, 0.25) is 5.91 Å². The van der Waals surface area contributed by atoms with Crippen LogP contribution in [0.2, 0.25) is 5.02 Å². The summed E-state index contributed by atoms with van der Waals surface area (Å²) in [5, 5.41) is 3.83. The Balaban J connectivity index is 1.77. The molecule has 6 heteroatoms. The van der Waals surface area contributed by atoms with E-state index in [9.17, 15) is 9.59 Å². The summed E-state index contributed by atoms with van der Waals surface area (Å²) < 4.78 is 1.56. The standard InChI is InChI=1S/C20H19ClN2O2S/c21-17-5-2-10-23(20(17)25)18(12-14-6-9-19(24)22-14)13-3-1-4-16(11-13)26-15-7-8-15/h1-5,10-12,14-15H,6-9H2,(H,22,24)/b18-12-/t14-/m1/s1. The molecule has 1 saturated carbocycles. The zero-order valence-electron chi connectivity index (χ0n) is 14.2. The molecule has 0 spiro atoms. The van der Waals surface area contributed by atoms with E-state index in [1.165, 1.54) is 17.7 Å². The van der Waals surface area contributed by atoms with Crippen LogP contribution in [0, 0.1) is 0 Å². The van der Waals surface area contributed by atoms with Crippen molar-refractivity contribution in [1.82, 2.24) is 9.88 Å². The number of carbonyl (C=O) groups excluding carboxylic acids is 1. The summed E-state index contributed by atoms with van der Waals surface area (Å²) in [6.45, 7) is 0. The number of halogens is 1. The van der Waals surface area contributed by atoms with Gasteiger partial charge in [-0.25, -0.2) is 0 Å². The zero-order chi connectivity index (χ0) is 18.1. The summed E-state index contributed by atoms with van der Waals surface area (Å²) >= 11 is 7.94. The molecule has 1 saturated heterocycles. The highest BCUT2D eigenvalue weighted by Gasteiger charge is 2.23. The predicted octanol–water partition coefficient (Wildman–Crippen LogP) is 3.92. The fraction of sp³-hybridized carbons (Fsp3) is 0.300. The first-order valence-electron chi connectivity index (χ1n) is 8.76. The number of carbonyl (C=O) groups is 1. The number of thioether (sulfide) groups is 1. The van der Waals surface area contributed by atoms with E-state index in [-0.39, 0.29) is 22.5 Å². The largest absolute Gasteiger partial charge is 0.350 e. The van der Waals surface area contributed by atoms with E-state index in [1.54, 1.807) is 22.9 Å². The number of pyridine rings is 1. The molecule has 1 aromatic carbocycles. The van der Waals surface area contributed by atoms with Crippen LogP contribution < -0.4 is 10.9 Å². The Labute approximate surface area is 161 Å². The lowest BCUT2D eigenvalue weighted by Gasteiger charge is -2.15. The average Bonchev–Trinajstić information content (AvgIpc) is 3.35. The number of amides is 1. The van der Waals surface area contributed by atoms with Gasteiger partial charge in [0.1, 0.15) is 5.02 Å². The number of hydrogen-bond donors (Lipinski definition) is 1. The Morgan fingerprint density at radius 2 is 2.04 bits per heavy atom. The number of aromatic nitrogens is 1. The molecule has 2 fully saturated rings. The van der Waals surface area contributed by atoms with Gasteiger partial charge in [0.25, 0.3) is 5.56 Å². The van der Waals surface area contributed by atoms with Crippen LogP contribution in [-0.4, -0.2) is 21.8 Å². The molecule has 4 nitrogen and oxygen atoms in total. The van der Waals surface area contributed by atoms with E-state index in [2.05, 4.69) is 17.4 Å². The van der Waals surface area contributed by atoms with Crippen LogP contribution in [0.15, 0.2) is 58.4 Å². The molecule has 0 unspecified atom stereocenters. The van der Waals surface area contributed by atoms with Crippen LogP contribution in [0.4, 0.5) is 0 Å². The SMILES string of the molecule is O=C1CC[C@H](/C=C(/c2cccc(SC3CC3)c2)n2cccc(Cl)c2=O)N1. The molecule has 2 heterocycles. The molecule has 26 heavy (non-hydrogen) atoms. The van der Waals surface area contributed by atoms with Crippen molar-refractivity contribution in [2.24, 2.45) is 0 Å². The highest BCUT2D eigenvalue weighted by molar-refractivity contribution is 8.00. The fourth-order valence-electron chi connectivity index (χ4n) is 3.03. The van der Waals surface area contributed by atoms with Crippen molar-refractivity contribution in [2.45, 2.75) is 41.9 Å². The van der Waals surface area contributed by atoms with Gasteiger partial charge in [-0.05, 0) is 55.2 Å². The Hall–Kier alpha value is -1.98. The van der Waals surface area contributed by atoms with Crippen molar-refractivity contribution in [3.8, 4) is 0 Å². The summed E-state index contributed by atoms with van der Waals surface area (Å²) in [5.74, 6) is 0.0436. The maximum atomic E-state index is 12.6. The molecule has 1 aliphatic heterocycles. The van der Waals surface area contributed by atoms with Gasteiger partial charge in [-0.3, -0.25) is 14.2 Å². The third kappa shape index (κ3) is 3.89. The average molecular weight is 387 g/mol. The van der Waals surface area contributed by atoms with Crippen LogP contribution in [0.5, 0.6) is 0 Å². The number of hydrogen-bond acceptors (Lipinski definition) is 3. The molecular formula is C20H19ClN2O2S. The maximum Gasteiger partial charge on any atom is 0.273 e. The first kappa shape index (κ1) is 17.4. The van der Waals surface area contributed by atoms with Gasteiger partial charge in [0.05, 0.1) is 5.70 Å². The quantitative estimate of drug-likeness (QED) is 0.847. The van der Waals surface area contributed by atoms with Gasteiger partial charge >= 0.3 is 0 Å². The van der Waals surface area contributed by atoms with E-state index in [1.807, 2.05) is 30.0 Å². The van der Waals surface area contributed by atoms with E-state index in [0.717, 1.165) is 17.7 Å². The third-order valence-electron chi connectivity index (χ3n) is 4.51. The highest BCUT2D eigenvalue weighted by atomic mass is 35.5.